The lowest BCUT2D eigenvalue weighted by molar-refractivity contribution is 0.0696. The van der Waals surface area contributed by atoms with Gasteiger partial charge in [-0.15, -0.1) is 0 Å². The molecule has 0 aliphatic heterocycles. The third-order valence-electron chi connectivity index (χ3n) is 3.97. The number of rotatable bonds is 5. The van der Waals surface area contributed by atoms with Crippen LogP contribution in [0.4, 0.5) is 0 Å². The summed E-state index contributed by atoms with van der Waals surface area (Å²) in [4.78, 5) is 11.2. The van der Waals surface area contributed by atoms with Crippen LogP contribution in [0.2, 0.25) is 0 Å². The van der Waals surface area contributed by atoms with Crippen molar-refractivity contribution in [3.8, 4) is 0 Å². The van der Waals surface area contributed by atoms with Crippen LogP contribution in [-0.2, 0) is 10.0 Å². The summed E-state index contributed by atoms with van der Waals surface area (Å²) in [6, 6.07) is 2.65. The van der Waals surface area contributed by atoms with Gasteiger partial charge >= 0.3 is 5.97 Å². The first kappa shape index (κ1) is 16.5. The topological polar surface area (TPSA) is 74.7 Å². The van der Waals surface area contributed by atoms with Crippen molar-refractivity contribution < 1.29 is 18.3 Å². The number of aromatic carboxylic acids is 1. The van der Waals surface area contributed by atoms with Gasteiger partial charge in [0.05, 0.1) is 10.5 Å². The fourth-order valence-electron chi connectivity index (χ4n) is 2.35. The minimum atomic E-state index is -3.68. The number of halogens is 1. The molecule has 2 rings (SSSR count). The van der Waals surface area contributed by atoms with Crippen molar-refractivity contribution in [1.29, 1.82) is 0 Å². The van der Waals surface area contributed by atoms with Gasteiger partial charge < -0.3 is 5.11 Å². The van der Waals surface area contributed by atoms with E-state index in [-0.39, 0.29) is 10.5 Å². The van der Waals surface area contributed by atoms with Crippen LogP contribution in [0, 0.1) is 12.8 Å². The third kappa shape index (κ3) is 3.30. The van der Waals surface area contributed by atoms with Crippen LogP contribution in [0.25, 0.3) is 0 Å². The van der Waals surface area contributed by atoms with Crippen molar-refractivity contribution in [2.75, 3.05) is 13.6 Å². The first-order chi connectivity index (χ1) is 9.73. The highest BCUT2D eigenvalue weighted by Crippen LogP contribution is 2.31. The van der Waals surface area contributed by atoms with E-state index < -0.39 is 16.0 Å². The van der Waals surface area contributed by atoms with Crippen molar-refractivity contribution in [2.45, 2.75) is 31.1 Å². The zero-order valence-corrected chi connectivity index (χ0v) is 14.4. The second-order valence-corrected chi connectivity index (χ2v) is 8.34. The van der Waals surface area contributed by atoms with Gasteiger partial charge in [-0.25, -0.2) is 17.5 Å². The van der Waals surface area contributed by atoms with E-state index in [1.807, 2.05) is 0 Å². The highest BCUT2D eigenvalue weighted by atomic mass is 79.9. The quantitative estimate of drug-likeness (QED) is 0.858. The maximum absolute atomic E-state index is 12.7. The van der Waals surface area contributed by atoms with E-state index >= 15 is 0 Å². The van der Waals surface area contributed by atoms with Gasteiger partial charge in [-0.05, 0) is 43.4 Å². The molecule has 5 nitrogen and oxygen atoms in total. The van der Waals surface area contributed by atoms with Gasteiger partial charge in [-0.3, -0.25) is 0 Å². The number of carboxylic acids is 1. The molecule has 0 heterocycles. The lowest BCUT2D eigenvalue weighted by atomic mass is 9.86. The van der Waals surface area contributed by atoms with E-state index in [0.717, 1.165) is 19.3 Å². The zero-order valence-electron chi connectivity index (χ0n) is 12.0. The molecule has 0 amide bonds. The number of hydrogen-bond acceptors (Lipinski definition) is 3. The number of carbonyl (C=O) groups is 1. The van der Waals surface area contributed by atoms with E-state index in [2.05, 4.69) is 15.9 Å². The molecule has 1 aliphatic rings. The molecule has 1 fully saturated rings. The molecule has 1 aliphatic carbocycles. The Morgan fingerprint density at radius 3 is 2.52 bits per heavy atom. The first-order valence-electron chi connectivity index (χ1n) is 6.73. The van der Waals surface area contributed by atoms with Crippen molar-refractivity contribution in [2.24, 2.45) is 5.92 Å². The molecule has 7 heteroatoms. The van der Waals surface area contributed by atoms with Crippen molar-refractivity contribution in [3.63, 3.8) is 0 Å². The van der Waals surface area contributed by atoms with E-state index in [1.54, 1.807) is 14.0 Å². The van der Waals surface area contributed by atoms with E-state index in [0.29, 0.717) is 22.5 Å². The number of sulfonamides is 1. The van der Waals surface area contributed by atoms with Crippen LogP contribution in [-0.4, -0.2) is 37.4 Å². The van der Waals surface area contributed by atoms with Gasteiger partial charge in [0.1, 0.15) is 0 Å². The summed E-state index contributed by atoms with van der Waals surface area (Å²) in [7, 11) is -2.13. The predicted octanol–water partition coefficient (Wildman–Crippen LogP) is 2.88. The van der Waals surface area contributed by atoms with Crippen molar-refractivity contribution in [3.05, 3.63) is 27.7 Å². The summed E-state index contributed by atoms with van der Waals surface area (Å²) in [6.45, 7) is 2.15. The molecule has 0 unspecified atom stereocenters. The summed E-state index contributed by atoms with van der Waals surface area (Å²) < 4.78 is 27.2. The van der Waals surface area contributed by atoms with Crippen LogP contribution < -0.4 is 0 Å². The van der Waals surface area contributed by atoms with Crippen LogP contribution in [0.1, 0.15) is 35.2 Å². The van der Waals surface area contributed by atoms with Gasteiger partial charge in [-0.1, -0.05) is 22.4 Å². The summed E-state index contributed by atoms with van der Waals surface area (Å²) in [5.41, 5.74) is 0.489. The maximum atomic E-state index is 12.7. The Bertz CT molecular complexity index is 668. The molecular weight excluding hydrogens is 358 g/mol. The van der Waals surface area contributed by atoms with Gasteiger partial charge in [0.2, 0.25) is 10.0 Å². The first-order valence-corrected chi connectivity index (χ1v) is 8.96. The van der Waals surface area contributed by atoms with Gasteiger partial charge in [-0.2, -0.15) is 0 Å². The van der Waals surface area contributed by atoms with Crippen molar-refractivity contribution in [1.82, 2.24) is 4.31 Å². The van der Waals surface area contributed by atoms with Crippen LogP contribution in [0.5, 0.6) is 0 Å². The molecule has 1 saturated carbocycles. The average molecular weight is 376 g/mol. The smallest absolute Gasteiger partial charge is 0.335 e. The minimum Gasteiger partial charge on any atom is -0.478 e. The highest BCUT2D eigenvalue weighted by molar-refractivity contribution is 9.10. The summed E-state index contributed by atoms with van der Waals surface area (Å²) >= 11 is 3.24. The predicted molar refractivity (Wildman–Crippen MR) is 83.0 cm³/mol. The Kier molecular flexibility index (Phi) is 4.75. The van der Waals surface area contributed by atoms with E-state index in [1.165, 1.54) is 16.4 Å². The molecule has 0 saturated heterocycles. The largest absolute Gasteiger partial charge is 0.478 e. The van der Waals surface area contributed by atoms with Gasteiger partial charge in [0.15, 0.2) is 0 Å². The standard InChI is InChI=1S/C14H18BrNO4S/c1-9-12(15)6-11(14(17)18)7-13(9)21(19,20)16(2)8-10-4-3-5-10/h6-7,10H,3-5,8H2,1-2H3,(H,17,18). The molecule has 1 N–H and O–H groups in total. The lowest BCUT2D eigenvalue weighted by Crippen LogP contribution is -2.34. The molecule has 21 heavy (non-hydrogen) atoms. The van der Waals surface area contributed by atoms with Crippen LogP contribution in [0.3, 0.4) is 0 Å². The zero-order chi connectivity index (χ0) is 15.8. The number of hydrogen-bond donors (Lipinski definition) is 1. The SMILES string of the molecule is Cc1c(Br)cc(C(=O)O)cc1S(=O)(=O)N(C)CC1CCC1. The number of benzene rings is 1. The summed E-state index contributed by atoms with van der Waals surface area (Å²) in [6.07, 6.45) is 3.26. The monoisotopic (exact) mass is 375 g/mol. The molecule has 116 valence electrons. The molecule has 1 aromatic rings. The number of carboxylic acid groups (broad SMARTS) is 1. The Hall–Kier alpha value is -0.920. The Labute approximate surface area is 133 Å². The molecule has 0 spiro atoms. The maximum Gasteiger partial charge on any atom is 0.335 e. The molecule has 1 aromatic carbocycles. The summed E-state index contributed by atoms with van der Waals surface area (Å²) in [5.74, 6) is -0.732. The second-order valence-electron chi connectivity index (χ2n) is 5.47. The van der Waals surface area contributed by atoms with Crippen LogP contribution in [0.15, 0.2) is 21.5 Å². The lowest BCUT2D eigenvalue weighted by Gasteiger charge is -2.30. The molecule has 0 atom stereocenters. The molecule has 0 bridgehead atoms. The van der Waals surface area contributed by atoms with Gasteiger partial charge in [0.25, 0.3) is 0 Å². The van der Waals surface area contributed by atoms with E-state index in [9.17, 15) is 13.2 Å². The highest BCUT2D eigenvalue weighted by Gasteiger charge is 2.29. The molecule has 0 radical (unpaired) electrons. The minimum absolute atomic E-state index is 0.0388. The van der Waals surface area contributed by atoms with Gasteiger partial charge in [0, 0.05) is 18.1 Å². The Balaban J connectivity index is 2.40. The van der Waals surface area contributed by atoms with Crippen molar-refractivity contribution >= 4 is 31.9 Å². The third-order valence-corrected chi connectivity index (χ3v) is 6.75. The van der Waals surface area contributed by atoms with E-state index in [4.69, 9.17) is 5.11 Å². The molecule has 0 aromatic heterocycles. The van der Waals surface area contributed by atoms with Crippen LogP contribution >= 0.6 is 15.9 Å². The fraction of sp³-hybridized carbons (Fsp3) is 0.500. The molecular formula is C14H18BrNO4S. The number of nitrogens with zero attached hydrogens (tertiary/aromatic N) is 1. The normalized spacial score (nSPS) is 16.0. The average Bonchev–Trinajstić information content (AvgIpc) is 2.35. The Morgan fingerprint density at radius 2 is 2.05 bits per heavy atom. The fourth-order valence-corrected chi connectivity index (χ4v) is 4.46. The Morgan fingerprint density at radius 1 is 1.43 bits per heavy atom. The second kappa shape index (κ2) is 6.06. The summed E-state index contributed by atoms with van der Waals surface area (Å²) in [5, 5.41) is 9.09.